The third-order valence-electron chi connectivity index (χ3n) is 3.86. The number of nitrogens with one attached hydrogen (secondary N) is 1. The van der Waals surface area contributed by atoms with Gasteiger partial charge in [0, 0.05) is 61.1 Å². The molecule has 0 aliphatic carbocycles. The molecule has 0 saturated carbocycles. The Morgan fingerprint density at radius 2 is 1.92 bits per heavy atom. The molecule has 0 aromatic carbocycles. The van der Waals surface area contributed by atoms with E-state index in [0.29, 0.717) is 0 Å². The summed E-state index contributed by atoms with van der Waals surface area (Å²) in [6, 6.07) is 7.95. The lowest BCUT2D eigenvalue weighted by molar-refractivity contribution is 0.750. The summed E-state index contributed by atoms with van der Waals surface area (Å²) in [6.45, 7) is 2.11. The lowest BCUT2D eigenvalue weighted by atomic mass is 10.1. The van der Waals surface area contributed by atoms with Crippen molar-refractivity contribution < 1.29 is 0 Å². The predicted molar refractivity (Wildman–Crippen MR) is 95.0 cm³/mol. The van der Waals surface area contributed by atoms with Gasteiger partial charge in [-0.25, -0.2) is 4.98 Å². The minimum absolute atomic E-state index is 0.164. The highest BCUT2D eigenvalue weighted by molar-refractivity contribution is 5.66. The Morgan fingerprint density at radius 3 is 2.72 bits per heavy atom. The van der Waals surface area contributed by atoms with Crippen LogP contribution in [0.4, 0.5) is 5.82 Å². The number of hydrogen-bond acceptors (Lipinski definition) is 6. The highest BCUT2D eigenvalue weighted by Crippen LogP contribution is 2.22. The summed E-state index contributed by atoms with van der Waals surface area (Å²) in [5.41, 5.74) is 3.64. The summed E-state index contributed by atoms with van der Waals surface area (Å²) in [5.74, 6) is 0.887. The number of rotatable bonds is 5. The van der Waals surface area contributed by atoms with E-state index in [2.05, 4.69) is 37.3 Å². The van der Waals surface area contributed by atoms with Gasteiger partial charge in [-0.3, -0.25) is 15.0 Å². The second kappa shape index (κ2) is 6.64. The largest absolute Gasteiger partial charge is 0.367 e. The van der Waals surface area contributed by atoms with Gasteiger partial charge in [0.1, 0.15) is 5.82 Å². The van der Waals surface area contributed by atoms with E-state index in [4.69, 9.17) is 0 Å². The number of pyridine rings is 1. The van der Waals surface area contributed by atoms with Crippen molar-refractivity contribution in [3.05, 3.63) is 67.1 Å². The molecule has 4 aromatic rings. The van der Waals surface area contributed by atoms with Gasteiger partial charge >= 0.3 is 0 Å². The molecule has 124 valence electrons. The van der Waals surface area contributed by atoms with Crippen LogP contribution in [-0.4, -0.2) is 35.6 Å². The average molecular weight is 331 g/mol. The van der Waals surface area contributed by atoms with Crippen molar-refractivity contribution >= 4 is 11.5 Å². The van der Waals surface area contributed by atoms with Crippen LogP contribution in [0, 0.1) is 0 Å². The summed E-state index contributed by atoms with van der Waals surface area (Å²) >= 11 is 0. The molecule has 0 fully saturated rings. The molecule has 0 aliphatic heterocycles. The summed E-state index contributed by atoms with van der Waals surface area (Å²) in [6.07, 6.45) is 11.2. The molecule has 0 saturated heterocycles. The van der Waals surface area contributed by atoms with E-state index in [1.807, 2.05) is 24.3 Å². The smallest absolute Gasteiger partial charge is 0.157 e. The van der Waals surface area contributed by atoms with Gasteiger partial charge in [-0.1, -0.05) is 0 Å². The van der Waals surface area contributed by atoms with Crippen LogP contribution in [-0.2, 0) is 6.42 Å². The van der Waals surface area contributed by atoms with E-state index in [1.165, 1.54) is 0 Å². The maximum absolute atomic E-state index is 4.67. The van der Waals surface area contributed by atoms with E-state index < -0.39 is 0 Å². The van der Waals surface area contributed by atoms with Gasteiger partial charge in [0.25, 0.3) is 0 Å². The molecule has 0 unspecified atom stereocenters. The summed E-state index contributed by atoms with van der Waals surface area (Å²) in [5, 5.41) is 7.87. The molecule has 4 rings (SSSR count). The lowest BCUT2D eigenvalue weighted by Gasteiger charge is -2.16. The van der Waals surface area contributed by atoms with Gasteiger partial charge in [-0.05, 0) is 19.1 Å². The van der Waals surface area contributed by atoms with Crippen LogP contribution in [0.1, 0.15) is 12.6 Å². The molecule has 0 spiro atoms. The molecule has 0 bridgehead atoms. The van der Waals surface area contributed by atoms with Crippen LogP contribution in [0.3, 0.4) is 0 Å². The Hall–Kier alpha value is -3.35. The van der Waals surface area contributed by atoms with E-state index >= 15 is 0 Å². The zero-order chi connectivity index (χ0) is 17.1. The lowest BCUT2D eigenvalue weighted by Crippen LogP contribution is -2.21. The Balaban J connectivity index is 1.65. The minimum atomic E-state index is 0.164. The molecule has 7 nitrogen and oxygen atoms in total. The minimum Gasteiger partial charge on any atom is -0.367 e. The first-order chi connectivity index (χ1) is 12.3. The SMILES string of the molecule is C[C@H](Cc1cnccn1)Nc1cc(-c2ccncc2)nc2ccnn12. The molecule has 7 heteroatoms. The highest BCUT2D eigenvalue weighted by Gasteiger charge is 2.11. The molecule has 1 N–H and O–H groups in total. The molecule has 0 radical (unpaired) electrons. The van der Waals surface area contributed by atoms with Crippen LogP contribution in [0.25, 0.3) is 16.9 Å². The first kappa shape index (κ1) is 15.2. The Morgan fingerprint density at radius 1 is 1.04 bits per heavy atom. The number of hydrogen-bond donors (Lipinski definition) is 1. The van der Waals surface area contributed by atoms with Gasteiger partial charge in [0.05, 0.1) is 17.6 Å². The van der Waals surface area contributed by atoms with Crippen molar-refractivity contribution in [3.8, 4) is 11.3 Å². The van der Waals surface area contributed by atoms with E-state index in [-0.39, 0.29) is 6.04 Å². The molecule has 0 amide bonds. The first-order valence-electron chi connectivity index (χ1n) is 8.06. The van der Waals surface area contributed by atoms with Gasteiger partial charge in [-0.15, -0.1) is 0 Å². The van der Waals surface area contributed by atoms with Crippen LogP contribution in [0.5, 0.6) is 0 Å². The molecule has 0 aliphatic rings. The van der Waals surface area contributed by atoms with Crippen molar-refractivity contribution in [1.82, 2.24) is 29.5 Å². The fourth-order valence-corrected chi connectivity index (χ4v) is 2.74. The maximum atomic E-state index is 4.67. The Kier molecular flexibility index (Phi) is 4.04. The van der Waals surface area contributed by atoms with Crippen molar-refractivity contribution in [1.29, 1.82) is 0 Å². The van der Waals surface area contributed by atoms with E-state index in [1.54, 1.807) is 41.7 Å². The molecular formula is C18H17N7. The van der Waals surface area contributed by atoms with Crippen LogP contribution in [0.2, 0.25) is 0 Å². The topological polar surface area (TPSA) is 80.9 Å². The van der Waals surface area contributed by atoms with Gasteiger partial charge in [0.2, 0.25) is 0 Å². The molecular weight excluding hydrogens is 314 g/mol. The highest BCUT2D eigenvalue weighted by atomic mass is 15.3. The fraction of sp³-hybridized carbons (Fsp3) is 0.167. The van der Waals surface area contributed by atoms with Crippen LogP contribution < -0.4 is 5.32 Å². The van der Waals surface area contributed by atoms with Crippen LogP contribution >= 0.6 is 0 Å². The standard InChI is InChI=1S/C18H17N7/c1-13(10-15-12-20-8-9-21-15)23-18-11-16(14-2-5-19-6-3-14)24-17-4-7-22-25(17)18/h2-9,11-13,23H,10H2,1H3/t13-/m1/s1. The van der Waals surface area contributed by atoms with Gasteiger partial charge < -0.3 is 5.32 Å². The van der Waals surface area contributed by atoms with Crippen molar-refractivity contribution in [2.45, 2.75) is 19.4 Å². The molecule has 4 aromatic heterocycles. The summed E-state index contributed by atoms with van der Waals surface area (Å²) < 4.78 is 1.80. The van der Waals surface area contributed by atoms with Gasteiger partial charge in [-0.2, -0.15) is 9.61 Å². The Bertz CT molecular complexity index is 967. The predicted octanol–water partition coefficient (Wildman–Crippen LogP) is 2.62. The summed E-state index contributed by atoms with van der Waals surface area (Å²) in [4.78, 5) is 17.2. The first-order valence-corrected chi connectivity index (χ1v) is 8.06. The molecule has 1 atom stereocenters. The number of anilines is 1. The second-order valence-electron chi connectivity index (χ2n) is 5.81. The third kappa shape index (κ3) is 3.30. The maximum Gasteiger partial charge on any atom is 0.157 e. The van der Waals surface area contributed by atoms with Crippen LogP contribution in [0.15, 0.2) is 61.4 Å². The summed E-state index contributed by atoms with van der Waals surface area (Å²) in [7, 11) is 0. The number of nitrogens with zero attached hydrogens (tertiary/aromatic N) is 6. The zero-order valence-corrected chi connectivity index (χ0v) is 13.7. The fourth-order valence-electron chi connectivity index (χ4n) is 2.74. The normalized spacial score (nSPS) is 12.2. The third-order valence-corrected chi connectivity index (χ3v) is 3.86. The second-order valence-corrected chi connectivity index (χ2v) is 5.81. The van der Waals surface area contributed by atoms with Gasteiger partial charge in [0.15, 0.2) is 5.65 Å². The number of aromatic nitrogens is 6. The van der Waals surface area contributed by atoms with Crippen molar-refractivity contribution in [2.24, 2.45) is 0 Å². The van der Waals surface area contributed by atoms with E-state index in [9.17, 15) is 0 Å². The molecule has 4 heterocycles. The van der Waals surface area contributed by atoms with Crippen molar-refractivity contribution in [3.63, 3.8) is 0 Å². The zero-order valence-electron chi connectivity index (χ0n) is 13.7. The quantitative estimate of drug-likeness (QED) is 0.605. The molecule has 25 heavy (non-hydrogen) atoms. The van der Waals surface area contributed by atoms with E-state index in [0.717, 1.165) is 34.8 Å². The Labute approximate surface area is 144 Å². The monoisotopic (exact) mass is 331 g/mol. The number of fused-ring (bicyclic) bond motifs is 1. The average Bonchev–Trinajstić information content (AvgIpc) is 3.12. The van der Waals surface area contributed by atoms with Crippen molar-refractivity contribution in [2.75, 3.05) is 5.32 Å².